The predicted octanol–water partition coefficient (Wildman–Crippen LogP) is 1.93. The van der Waals surface area contributed by atoms with Crippen LogP contribution in [0.4, 0.5) is 6.01 Å². The van der Waals surface area contributed by atoms with Gasteiger partial charge in [-0.2, -0.15) is 4.98 Å². The maximum absolute atomic E-state index is 13.1. The van der Waals surface area contributed by atoms with E-state index in [2.05, 4.69) is 27.6 Å². The lowest BCUT2D eigenvalue weighted by Crippen LogP contribution is -2.55. The Bertz CT molecular complexity index is 934. The van der Waals surface area contributed by atoms with Crippen LogP contribution in [0.1, 0.15) is 42.5 Å². The molecule has 2 amide bonds. The number of carbonyl (C=O) groups excluding carboxylic acids is 2. The summed E-state index contributed by atoms with van der Waals surface area (Å²) in [5.41, 5.74) is 1.65. The largest absolute Gasteiger partial charge is 0.423 e. The number of oxazole rings is 1. The molecule has 8 nitrogen and oxygen atoms in total. The van der Waals surface area contributed by atoms with Gasteiger partial charge in [0, 0.05) is 31.2 Å². The van der Waals surface area contributed by atoms with E-state index in [1.165, 1.54) is 19.3 Å². The second kappa shape index (κ2) is 8.43. The van der Waals surface area contributed by atoms with Crippen molar-refractivity contribution in [3.05, 3.63) is 23.8 Å². The highest BCUT2D eigenvalue weighted by Crippen LogP contribution is 2.33. The third-order valence-corrected chi connectivity index (χ3v) is 6.64. The molecule has 0 spiro atoms. The molecule has 0 radical (unpaired) electrons. The quantitative estimate of drug-likeness (QED) is 0.768. The van der Waals surface area contributed by atoms with Crippen LogP contribution in [0.3, 0.4) is 0 Å². The summed E-state index contributed by atoms with van der Waals surface area (Å²) >= 11 is 0. The van der Waals surface area contributed by atoms with Crippen LogP contribution >= 0.6 is 12.4 Å². The van der Waals surface area contributed by atoms with Crippen LogP contribution in [0.2, 0.25) is 0 Å². The molecule has 3 saturated heterocycles. The van der Waals surface area contributed by atoms with Crippen LogP contribution in [0.25, 0.3) is 11.1 Å². The van der Waals surface area contributed by atoms with Gasteiger partial charge in [-0.15, -0.1) is 12.4 Å². The van der Waals surface area contributed by atoms with E-state index >= 15 is 0 Å². The zero-order valence-electron chi connectivity index (χ0n) is 17.1. The molecule has 2 N–H and O–H groups in total. The fourth-order valence-corrected chi connectivity index (χ4v) is 5.05. The van der Waals surface area contributed by atoms with Crippen molar-refractivity contribution < 1.29 is 14.0 Å². The number of fused-ring (bicyclic) bond motifs is 3. The predicted molar refractivity (Wildman–Crippen MR) is 116 cm³/mol. The number of hydrogen-bond acceptors (Lipinski definition) is 6. The van der Waals surface area contributed by atoms with Crippen molar-refractivity contribution in [1.82, 2.24) is 20.5 Å². The van der Waals surface area contributed by atoms with Gasteiger partial charge in [-0.1, -0.05) is 12.5 Å². The number of hydrogen-bond donors (Lipinski definition) is 2. The molecule has 0 aliphatic carbocycles. The van der Waals surface area contributed by atoms with Gasteiger partial charge in [0.15, 0.2) is 5.58 Å². The van der Waals surface area contributed by atoms with E-state index in [1.54, 1.807) is 11.0 Å². The maximum atomic E-state index is 13.1. The lowest BCUT2D eigenvalue weighted by atomic mass is 9.82. The number of aromatic nitrogens is 1. The minimum absolute atomic E-state index is 0. The van der Waals surface area contributed by atoms with E-state index in [0.717, 1.165) is 12.8 Å². The van der Waals surface area contributed by atoms with Crippen molar-refractivity contribution >= 4 is 41.3 Å². The molecular weight excluding hydrogens is 406 g/mol. The molecule has 0 saturated carbocycles. The topological polar surface area (TPSA) is 90.7 Å². The summed E-state index contributed by atoms with van der Waals surface area (Å²) in [6, 6.07) is 7.14. The summed E-state index contributed by atoms with van der Waals surface area (Å²) in [4.78, 5) is 33.6. The second-order valence-corrected chi connectivity index (χ2v) is 8.47. The van der Waals surface area contributed by atoms with E-state index in [1.807, 2.05) is 12.1 Å². The molecule has 3 fully saturated rings. The summed E-state index contributed by atoms with van der Waals surface area (Å²) in [5.74, 6) is -0.149. The molecule has 3 aliphatic rings. The molecule has 1 aromatic carbocycles. The summed E-state index contributed by atoms with van der Waals surface area (Å²) in [6.45, 7) is 1.41. The van der Waals surface area contributed by atoms with Crippen LogP contribution in [0.5, 0.6) is 0 Å². The number of para-hydroxylation sites is 1. The number of rotatable bonds is 3. The number of piperidine rings is 2. The van der Waals surface area contributed by atoms with Gasteiger partial charge in [-0.3, -0.25) is 9.59 Å². The average Bonchev–Trinajstić information content (AvgIpc) is 3.13. The van der Waals surface area contributed by atoms with Crippen LogP contribution in [0.15, 0.2) is 22.6 Å². The Hall–Kier alpha value is -2.32. The van der Waals surface area contributed by atoms with Gasteiger partial charge in [-0.05, 0) is 44.9 Å². The minimum atomic E-state index is -0.0977. The number of amides is 2. The Labute approximate surface area is 181 Å². The number of anilines is 1. The number of halogens is 1. The van der Waals surface area contributed by atoms with Crippen LogP contribution in [0, 0.1) is 0 Å². The van der Waals surface area contributed by atoms with Gasteiger partial charge in [0.2, 0.25) is 5.91 Å². The zero-order valence-corrected chi connectivity index (χ0v) is 17.9. The van der Waals surface area contributed by atoms with E-state index < -0.39 is 0 Å². The van der Waals surface area contributed by atoms with Crippen LogP contribution < -0.4 is 15.5 Å². The molecular formula is C21H28ClN5O3. The summed E-state index contributed by atoms with van der Waals surface area (Å²) in [7, 11) is 2.21. The van der Waals surface area contributed by atoms with Gasteiger partial charge >= 0.3 is 0 Å². The molecule has 2 bridgehead atoms. The number of benzene rings is 1. The Morgan fingerprint density at radius 3 is 2.77 bits per heavy atom. The molecule has 2 unspecified atom stereocenters. The summed E-state index contributed by atoms with van der Waals surface area (Å²) < 4.78 is 5.86. The highest BCUT2D eigenvalue weighted by molar-refractivity contribution is 6.05. The summed E-state index contributed by atoms with van der Waals surface area (Å²) in [5, 5.41) is 6.04. The van der Waals surface area contributed by atoms with E-state index in [0.29, 0.717) is 47.9 Å². The SMILES string of the molecule is CN1C2CCCC1CC(NC(=O)c1cccc3oc(N4CCNC(=O)C4)nc13)C2.Cl. The number of piperazine rings is 1. The van der Waals surface area contributed by atoms with Gasteiger partial charge in [-0.25, -0.2) is 0 Å². The highest BCUT2D eigenvalue weighted by Gasteiger charge is 2.36. The number of carbonyl (C=O) groups is 2. The maximum Gasteiger partial charge on any atom is 0.298 e. The standard InChI is InChI=1S/C21H27N5O3.ClH/c1-25-14-4-2-5-15(25)11-13(10-14)23-20(28)16-6-3-7-17-19(16)24-21(29-17)26-9-8-22-18(27)12-26;/h3,6-7,13-15H,2,4-5,8-12H2,1H3,(H,22,27)(H,23,28);1H. The molecule has 2 atom stereocenters. The second-order valence-electron chi connectivity index (χ2n) is 8.47. The molecule has 162 valence electrons. The van der Waals surface area contributed by atoms with Crippen molar-refractivity contribution in [3.63, 3.8) is 0 Å². The van der Waals surface area contributed by atoms with Gasteiger partial charge in [0.1, 0.15) is 12.1 Å². The molecule has 4 heterocycles. The van der Waals surface area contributed by atoms with Crippen molar-refractivity contribution in [2.24, 2.45) is 0 Å². The van der Waals surface area contributed by atoms with E-state index in [4.69, 9.17) is 4.42 Å². The highest BCUT2D eigenvalue weighted by atomic mass is 35.5. The molecule has 1 aromatic heterocycles. The van der Waals surface area contributed by atoms with Gasteiger partial charge in [0.05, 0.1) is 5.56 Å². The van der Waals surface area contributed by atoms with Crippen molar-refractivity contribution in [3.8, 4) is 0 Å². The normalized spacial score (nSPS) is 26.8. The van der Waals surface area contributed by atoms with Crippen LogP contribution in [-0.4, -0.2) is 66.5 Å². The van der Waals surface area contributed by atoms with Gasteiger partial charge < -0.3 is 24.9 Å². The van der Waals surface area contributed by atoms with Crippen molar-refractivity contribution in [1.29, 1.82) is 0 Å². The lowest BCUT2D eigenvalue weighted by Gasteiger charge is -2.47. The molecule has 5 rings (SSSR count). The molecule has 2 aromatic rings. The smallest absolute Gasteiger partial charge is 0.298 e. The molecule has 30 heavy (non-hydrogen) atoms. The monoisotopic (exact) mass is 433 g/mol. The van der Waals surface area contributed by atoms with Crippen LogP contribution in [-0.2, 0) is 4.79 Å². The number of nitrogens with one attached hydrogen (secondary N) is 2. The van der Waals surface area contributed by atoms with Crippen molar-refractivity contribution in [2.45, 2.75) is 50.2 Å². The number of nitrogens with zero attached hydrogens (tertiary/aromatic N) is 3. The minimum Gasteiger partial charge on any atom is -0.423 e. The van der Waals surface area contributed by atoms with Gasteiger partial charge in [0.25, 0.3) is 11.9 Å². The Kier molecular flexibility index (Phi) is 5.88. The average molecular weight is 434 g/mol. The first-order valence-electron chi connectivity index (χ1n) is 10.5. The zero-order chi connectivity index (χ0) is 20.0. The van der Waals surface area contributed by atoms with E-state index in [9.17, 15) is 9.59 Å². The fourth-order valence-electron chi connectivity index (χ4n) is 5.05. The Balaban J connectivity index is 0.00000218. The molecule has 3 aliphatic heterocycles. The Morgan fingerprint density at radius 2 is 2.03 bits per heavy atom. The third-order valence-electron chi connectivity index (χ3n) is 6.64. The fraction of sp³-hybridized carbons (Fsp3) is 0.571. The van der Waals surface area contributed by atoms with E-state index in [-0.39, 0.29) is 36.8 Å². The first kappa shape index (κ1) is 20.9. The first-order valence-corrected chi connectivity index (χ1v) is 10.5. The van der Waals surface area contributed by atoms with Crippen molar-refractivity contribution in [2.75, 3.05) is 31.6 Å². The first-order chi connectivity index (χ1) is 14.1. The lowest BCUT2D eigenvalue weighted by molar-refractivity contribution is -0.120. The molecule has 9 heteroatoms. The Morgan fingerprint density at radius 1 is 1.27 bits per heavy atom. The third kappa shape index (κ3) is 3.86. The summed E-state index contributed by atoms with van der Waals surface area (Å²) in [6.07, 6.45) is 5.72.